The van der Waals surface area contributed by atoms with Crippen LogP contribution in [0.5, 0.6) is 5.75 Å². The molecule has 2 aromatic rings. The first-order valence-electron chi connectivity index (χ1n) is 22.9. The maximum atomic E-state index is 13.9. The van der Waals surface area contributed by atoms with Crippen LogP contribution in [0.2, 0.25) is 0 Å². The Hall–Kier alpha value is -4.29. The van der Waals surface area contributed by atoms with E-state index in [-0.39, 0.29) is 56.0 Å². The van der Waals surface area contributed by atoms with Gasteiger partial charge in [0.2, 0.25) is 17.7 Å². The third kappa shape index (κ3) is 12.6. The van der Waals surface area contributed by atoms with Gasteiger partial charge in [0.1, 0.15) is 54.0 Å². The minimum Gasteiger partial charge on any atom is -0.508 e. The van der Waals surface area contributed by atoms with Gasteiger partial charge in [0.05, 0.1) is 31.3 Å². The van der Waals surface area contributed by atoms with E-state index >= 15 is 0 Å². The van der Waals surface area contributed by atoms with E-state index in [0.29, 0.717) is 17.4 Å². The molecule has 10 N–H and O–H groups in total. The molecule has 0 spiro atoms. The van der Waals surface area contributed by atoms with Crippen molar-refractivity contribution in [3.8, 4) is 5.75 Å². The van der Waals surface area contributed by atoms with E-state index < -0.39 is 127 Å². The maximum Gasteiger partial charge on any atom is 0.336 e. The zero-order valence-electron chi connectivity index (χ0n) is 37.4. The lowest BCUT2D eigenvalue weighted by atomic mass is 9.75. The second-order valence-electron chi connectivity index (χ2n) is 18.0. The predicted molar refractivity (Wildman–Crippen MR) is 229 cm³/mol. The molecular weight excluding hydrogens is 870 g/mol. The molecule has 2 saturated carbocycles. The molecule has 0 radical (unpaired) electrons. The average molecular weight is 936 g/mol. The summed E-state index contributed by atoms with van der Waals surface area (Å²) in [6.45, 7) is 3.81. The minimum atomic E-state index is -1.70. The maximum absolute atomic E-state index is 13.9. The molecule has 3 unspecified atom stereocenters. The number of amides is 3. The molecule has 2 saturated heterocycles. The second-order valence-corrected chi connectivity index (χ2v) is 18.0. The molecule has 368 valence electrons. The van der Waals surface area contributed by atoms with Gasteiger partial charge in [-0.3, -0.25) is 14.4 Å². The number of carbonyl (C=O) groups is 4. The lowest BCUT2D eigenvalue weighted by Crippen LogP contribution is -2.67. The molecule has 3 amide bonds. The first kappa shape index (κ1) is 51.1. The summed E-state index contributed by atoms with van der Waals surface area (Å²) in [7, 11) is 0. The van der Waals surface area contributed by atoms with Gasteiger partial charge in [0.15, 0.2) is 18.7 Å². The number of nitrogens with one attached hydrogen (secondary N) is 3. The summed E-state index contributed by atoms with van der Waals surface area (Å²) in [6.07, 6.45) is -11.6. The summed E-state index contributed by atoms with van der Waals surface area (Å²) in [4.78, 5) is 64.4. The van der Waals surface area contributed by atoms with Gasteiger partial charge in [0, 0.05) is 43.5 Å². The van der Waals surface area contributed by atoms with E-state index in [1.807, 2.05) is 6.92 Å². The van der Waals surface area contributed by atoms with Crippen LogP contribution < -0.4 is 21.6 Å². The SMILES string of the molecule is CC[C@H]1C[C@@H](C(=O)NCCNC(=O)Cc2cc(=O)oc3cc(O)ccc23)CC(O[C@@H]2O[C@H](CO)[C@H](O)[C@H](OC(CC3CCCCC3)C(=O)O)[C@H]2NC(C)=O)[C@@H]1OC1O[C@@H](C)[C@@H](O)[C@H](O)[C@@H]1O. The van der Waals surface area contributed by atoms with Crippen LogP contribution in [0.25, 0.3) is 11.0 Å². The number of carbonyl (C=O) groups excluding carboxylic acids is 3. The van der Waals surface area contributed by atoms with Gasteiger partial charge in [0.25, 0.3) is 0 Å². The molecule has 1 aromatic carbocycles. The number of ether oxygens (including phenoxy) is 5. The van der Waals surface area contributed by atoms with E-state index in [1.54, 1.807) is 0 Å². The van der Waals surface area contributed by atoms with Crippen LogP contribution in [0.4, 0.5) is 0 Å². The van der Waals surface area contributed by atoms with Crippen LogP contribution in [0.1, 0.15) is 84.1 Å². The number of phenolic OH excluding ortho intramolecular Hbond substituents is 1. The Bertz CT molecular complexity index is 2030. The fourth-order valence-electron chi connectivity index (χ4n) is 9.71. The number of carboxylic acids is 1. The zero-order valence-corrected chi connectivity index (χ0v) is 37.4. The average Bonchev–Trinajstić information content (AvgIpc) is 3.27. The Kier molecular flexibility index (Phi) is 17.9. The van der Waals surface area contributed by atoms with Crippen molar-refractivity contribution in [3.05, 3.63) is 40.2 Å². The molecule has 2 aliphatic carbocycles. The van der Waals surface area contributed by atoms with Crippen LogP contribution in [-0.4, -0.2) is 159 Å². The number of aliphatic carboxylic acids is 1. The van der Waals surface area contributed by atoms with Crippen molar-refractivity contribution >= 4 is 34.7 Å². The number of fused-ring (bicyclic) bond motifs is 1. The fraction of sp³-hybridized carbons (Fsp3) is 0.711. The molecule has 21 nitrogen and oxygen atoms in total. The number of rotatable bonds is 18. The number of carboxylic acid groups (broad SMARTS) is 1. The van der Waals surface area contributed by atoms with Crippen molar-refractivity contribution in [1.82, 2.24) is 16.0 Å². The van der Waals surface area contributed by atoms with Crippen molar-refractivity contribution < 1.29 is 83.0 Å². The third-order valence-corrected chi connectivity index (χ3v) is 13.2. The lowest BCUT2D eigenvalue weighted by Gasteiger charge is -2.49. The molecular formula is C45H65N3O18. The Morgan fingerprint density at radius 1 is 0.879 bits per heavy atom. The van der Waals surface area contributed by atoms with Crippen molar-refractivity contribution in [2.24, 2.45) is 17.8 Å². The summed E-state index contributed by atoms with van der Waals surface area (Å²) in [5.74, 6) is -4.04. The molecule has 21 heteroatoms. The monoisotopic (exact) mass is 935 g/mol. The van der Waals surface area contributed by atoms with Crippen molar-refractivity contribution in [1.29, 1.82) is 0 Å². The van der Waals surface area contributed by atoms with Gasteiger partial charge < -0.3 is 79.8 Å². The van der Waals surface area contributed by atoms with Gasteiger partial charge >= 0.3 is 11.6 Å². The number of aromatic hydroxyl groups is 1. The second kappa shape index (κ2) is 23.1. The Labute approximate surface area is 381 Å². The lowest BCUT2D eigenvalue weighted by molar-refractivity contribution is -0.338. The molecule has 3 heterocycles. The number of phenols is 1. The highest BCUT2D eigenvalue weighted by atomic mass is 16.7. The van der Waals surface area contributed by atoms with Gasteiger partial charge in [-0.05, 0) is 55.7 Å². The Morgan fingerprint density at radius 2 is 1.61 bits per heavy atom. The molecule has 1 aromatic heterocycles. The van der Waals surface area contributed by atoms with Crippen LogP contribution in [0.3, 0.4) is 0 Å². The molecule has 66 heavy (non-hydrogen) atoms. The Morgan fingerprint density at radius 3 is 2.29 bits per heavy atom. The molecule has 0 bridgehead atoms. The van der Waals surface area contributed by atoms with E-state index in [4.69, 9.17) is 28.1 Å². The quantitative estimate of drug-likeness (QED) is 0.0678. The van der Waals surface area contributed by atoms with E-state index in [2.05, 4.69) is 16.0 Å². The normalized spacial score (nSPS) is 33.5. The van der Waals surface area contributed by atoms with Crippen LogP contribution in [0.15, 0.2) is 33.5 Å². The van der Waals surface area contributed by atoms with E-state index in [1.165, 1.54) is 38.1 Å². The van der Waals surface area contributed by atoms with Crippen molar-refractivity contribution in [3.63, 3.8) is 0 Å². The van der Waals surface area contributed by atoms with E-state index in [0.717, 1.165) is 32.1 Å². The highest BCUT2D eigenvalue weighted by Gasteiger charge is 2.53. The van der Waals surface area contributed by atoms with Crippen LogP contribution in [-0.2, 0) is 49.3 Å². The van der Waals surface area contributed by atoms with Gasteiger partial charge in [-0.2, -0.15) is 0 Å². The van der Waals surface area contributed by atoms with Crippen LogP contribution >= 0.6 is 0 Å². The first-order valence-corrected chi connectivity index (χ1v) is 22.9. The summed E-state index contributed by atoms with van der Waals surface area (Å²) < 4.78 is 36.2. The largest absolute Gasteiger partial charge is 0.508 e. The summed E-state index contributed by atoms with van der Waals surface area (Å²) in [5.41, 5.74) is -0.193. The van der Waals surface area contributed by atoms with Gasteiger partial charge in [-0.1, -0.05) is 45.4 Å². The van der Waals surface area contributed by atoms with Crippen molar-refractivity contribution in [2.75, 3.05) is 19.7 Å². The predicted octanol–water partition coefficient (Wildman–Crippen LogP) is -0.301. The van der Waals surface area contributed by atoms with Crippen LogP contribution in [0, 0.1) is 17.8 Å². The molecule has 15 atom stereocenters. The van der Waals surface area contributed by atoms with Gasteiger partial charge in [-0.15, -0.1) is 0 Å². The first-order chi connectivity index (χ1) is 31.5. The van der Waals surface area contributed by atoms with Gasteiger partial charge in [-0.25, -0.2) is 9.59 Å². The minimum absolute atomic E-state index is 0.00606. The van der Waals surface area contributed by atoms with E-state index in [9.17, 15) is 59.7 Å². The topological polar surface area (TPSA) is 322 Å². The Balaban J connectivity index is 1.20. The number of aliphatic hydroxyl groups excluding tert-OH is 5. The molecule has 2 aliphatic heterocycles. The smallest absolute Gasteiger partial charge is 0.336 e. The standard InChI is InChI=1S/C45H65N3O18/c1-4-24-15-26(42(58)47-13-12-46-33(52)17-25-18-34(53)62-29-19-27(51)10-11-28(25)29)16-30(40(24)66-45-39(57)38(56)36(54)21(2)61-45)64-44-35(48-22(3)50)41(37(55)32(20-49)65-44)63-31(43(59)60)14-23-8-6-5-7-9-23/h10-11,18-19,21,23-24,26,30-32,35-41,44-45,49,51,54-57H,4-9,12-17,20H2,1-3H3,(H,46,52)(H,47,58)(H,48,50)(H,59,60)/t21-,24-,26+,30?,31?,32+,35+,36+,37-,38-,39-,40+,41+,44+,45?/m0/s1. The summed E-state index contributed by atoms with van der Waals surface area (Å²) in [6, 6.07) is 4.05. The number of hydrogen-bond donors (Lipinski definition) is 10. The van der Waals surface area contributed by atoms with Crippen molar-refractivity contribution in [2.45, 2.75) is 165 Å². The molecule has 6 rings (SSSR count). The number of benzene rings is 1. The number of hydrogen-bond acceptors (Lipinski definition) is 17. The summed E-state index contributed by atoms with van der Waals surface area (Å²) in [5, 5.41) is 82.7. The highest BCUT2D eigenvalue weighted by Crippen LogP contribution is 2.40. The zero-order chi connectivity index (χ0) is 47.8. The fourth-order valence-corrected chi connectivity index (χ4v) is 9.71. The molecule has 4 fully saturated rings. The number of aliphatic hydroxyl groups is 5. The molecule has 4 aliphatic rings. The third-order valence-electron chi connectivity index (χ3n) is 13.2. The summed E-state index contributed by atoms with van der Waals surface area (Å²) >= 11 is 0. The highest BCUT2D eigenvalue weighted by molar-refractivity contribution is 5.87.